The standard InChI is InChI=1S/C22H18BrN7OS/c1-15(17-3-2-10-25-13-17)26-27-20(31)14-32-22-29-28-21(16-8-11-24-12-9-16)30(22)19-6-4-18(23)5-7-19/h2-13H,14H2,1H3,(H,27,31)/b26-15-. The normalized spacial score (nSPS) is 11.4. The zero-order valence-electron chi connectivity index (χ0n) is 17.0. The molecule has 0 saturated heterocycles. The molecule has 1 aromatic carbocycles. The van der Waals surface area contributed by atoms with Gasteiger partial charge in [-0.15, -0.1) is 10.2 Å². The van der Waals surface area contributed by atoms with Gasteiger partial charge in [0.1, 0.15) is 0 Å². The Labute approximate surface area is 197 Å². The van der Waals surface area contributed by atoms with E-state index in [2.05, 4.69) is 46.6 Å². The van der Waals surface area contributed by atoms with Crippen molar-refractivity contribution in [1.29, 1.82) is 0 Å². The molecule has 3 aromatic heterocycles. The average Bonchev–Trinajstić information content (AvgIpc) is 3.27. The van der Waals surface area contributed by atoms with Gasteiger partial charge in [0, 0.05) is 46.1 Å². The number of rotatable bonds is 7. The van der Waals surface area contributed by atoms with Gasteiger partial charge in [0.05, 0.1) is 11.5 Å². The molecule has 3 heterocycles. The molecule has 0 unspecified atom stereocenters. The van der Waals surface area contributed by atoms with Crippen molar-refractivity contribution in [3.63, 3.8) is 0 Å². The van der Waals surface area contributed by atoms with E-state index >= 15 is 0 Å². The highest BCUT2D eigenvalue weighted by atomic mass is 79.9. The molecule has 8 nitrogen and oxygen atoms in total. The van der Waals surface area contributed by atoms with Gasteiger partial charge in [-0.25, -0.2) is 5.43 Å². The van der Waals surface area contributed by atoms with Crippen molar-refractivity contribution < 1.29 is 4.79 Å². The molecule has 0 spiro atoms. The van der Waals surface area contributed by atoms with Crippen molar-refractivity contribution in [3.8, 4) is 17.1 Å². The highest BCUT2D eigenvalue weighted by molar-refractivity contribution is 9.10. The summed E-state index contributed by atoms with van der Waals surface area (Å²) in [7, 11) is 0. The summed E-state index contributed by atoms with van der Waals surface area (Å²) in [5, 5.41) is 13.4. The van der Waals surface area contributed by atoms with Crippen LogP contribution in [0, 0.1) is 0 Å². The number of nitrogens with zero attached hydrogens (tertiary/aromatic N) is 6. The fourth-order valence-electron chi connectivity index (χ4n) is 2.82. The SMILES string of the molecule is C/C(=N/NC(=O)CSc1nnc(-c2ccncc2)n1-c1ccc(Br)cc1)c1cccnc1. The van der Waals surface area contributed by atoms with E-state index in [0.717, 1.165) is 21.3 Å². The Morgan fingerprint density at radius 1 is 1.06 bits per heavy atom. The zero-order valence-corrected chi connectivity index (χ0v) is 19.4. The third-order valence-corrected chi connectivity index (χ3v) is 5.87. The predicted octanol–water partition coefficient (Wildman–Crippen LogP) is 4.12. The number of aromatic nitrogens is 5. The monoisotopic (exact) mass is 507 g/mol. The first-order valence-electron chi connectivity index (χ1n) is 9.60. The Bertz CT molecular complexity index is 1230. The lowest BCUT2D eigenvalue weighted by atomic mass is 10.2. The van der Waals surface area contributed by atoms with Crippen LogP contribution in [0.5, 0.6) is 0 Å². The maximum Gasteiger partial charge on any atom is 0.250 e. The van der Waals surface area contributed by atoms with Gasteiger partial charge in [0.2, 0.25) is 0 Å². The molecule has 0 radical (unpaired) electrons. The van der Waals surface area contributed by atoms with E-state index in [1.807, 2.05) is 60.0 Å². The summed E-state index contributed by atoms with van der Waals surface area (Å²) in [6.45, 7) is 1.82. The molecule has 0 atom stereocenters. The summed E-state index contributed by atoms with van der Waals surface area (Å²) in [6, 6.07) is 15.3. The largest absolute Gasteiger partial charge is 0.272 e. The third-order valence-electron chi connectivity index (χ3n) is 4.42. The van der Waals surface area contributed by atoms with Crippen molar-refractivity contribution in [2.24, 2.45) is 5.10 Å². The molecule has 0 fully saturated rings. The quantitative estimate of drug-likeness (QED) is 0.229. The number of hydrogen-bond donors (Lipinski definition) is 1. The molecule has 32 heavy (non-hydrogen) atoms. The molecule has 1 amide bonds. The lowest BCUT2D eigenvalue weighted by molar-refractivity contribution is -0.118. The van der Waals surface area contributed by atoms with E-state index < -0.39 is 0 Å². The second-order valence-corrected chi connectivity index (χ2v) is 8.47. The number of hydrazone groups is 1. The molecular weight excluding hydrogens is 490 g/mol. The van der Waals surface area contributed by atoms with Gasteiger partial charge < -0.3 is 0 Å². The molecule has 4 aromatic rings. The second-order valence-electron chi connectivity index (χ2n) is 6.62. The Balaban J connectivity index is 1.53. The van der Waals surface area contributed by atoms with E-state index in [9.17, 15) is 4.79 Å². The van der Waals surface area contributed by atoms with Crippen LogP contribution < -0.4 is 5.43 Å². The second kappa shape index (κ2) is 10.3. The molecule has 160 valence electrons. The molecule has 0 aliphatic carbocycles. The molecule has 0 bridgehead atoms. The molecule has 0 aliphatic heterocycles. The lowest BCUT2D eigenvalue weighted by Crippen LogP contribution is -2.21. The Kier molecular flexibility index (Phi) is 7.03. The summed E-state index contributed by atoms with van der Waals surface area (Å²) in [5.41, 5.74) is 5.87. The lowest BCUT2D eigenvalue weighted by Gasteiger charge is -2.10. The van der Waals surface area contributed by atoms with Gasteiger partial charge in [0.25, 0.3) is 5.91 Å². The fraction of sp³-hybridized carbons (Fsp3) is 0.0909. The number of carbonyl (C=O) groups is 1. The summed E-state index contributed by atoms with van der Waals surface area (Å²) in [6.07, 6.45) is 6.80. The summed E-state index contributed by atoms with van der Waals surface area (Å²) < 4.78 is 2.89. The maximum absolute atomic E-state index is 12.4. The van der Waals surface area contributed by atoms with Crippen LogP contribution in [-0.2, 0) is 4.79 Å². The van der Waals surface area contributed by atoms with Gasteiger partial charge in [-0.3, -0.25) is 19.3 Å². The number of carbonyl (C=O) groups excluding carboxylic acids is 1. The predicted molar refractivity (Wildman–Crippen MR) is 128 cm³/mol. The van der Waals surface area contributed by atoms with Gasteiger partial charge in [-0.1, -0.05) is 33.8 Å². The number of thioether (sulfide) groups is 1. The topological polar surface area (TPSA) is 98.0 Å². The summed E-state index contributed by atoms with van der Waals surface area (Å²) in [5.74, 6) is 0.562. The minimum absolute atomic E-state index is 0.134. The molecule has 10 heteroatoms. The number of amides is 1. The Hall–Kier alpha value is -3.37. The van der Waals surface area contributed by atoms with E-state index in [0.29, 0.717) is 16.7 Å². The van der Waals surface area contributed by atoms with Crippen LogP contribution in [0.3, 0.4) is 0 Å². The van der Waals surface area contributed by atoms with Crippen LogP contribution in [0.2, 0.25) is 0 Å². The zero-order chi connectivity index (χ0) is 22.3. The van der Waals surface area contributed by atoms with Crippen LogP contribution in [0.15, 0.2) is 88.0 Å². The minimum Gasteiger partial charge on any atom is -0.272 e. The van der Waals surface area contributed by atoms with Crippen LogP contribution in [0.4, 0.5) is 0 Å². The van der Waals surface area contributed by atoms with Crippen molar-refractivity contribution in [2.45, 2.75) is 12.1 Å². The van der Waals surface area contributed by atoms with E-state index in [4.69, 9.17) is 0 Å². The smallest absolute Gasteiger partial charge is 0.250 e. The summed E-state index contributed by atoms with van der Waals surface area (Å²) in [4.78, 5) is 20.5. The van der Waals surface area contributed by atoms with Crippen molar-refractivity contribution >= 4 is 39.3 Å². The fourth-order valence-corrected chi connectivity index (χ4v) is 3.83. The highest BCUT2D eigenvalue weighted by Gasteiger charge is 2.17. The average molecular weight is 508 g/mol. The van der Waals surface area contributed by atoms with Crippen LogP contribution in [-0.4, -0.2) is 42.1 Å². The number of pyridine rings is 2. The minimum atomic E-state index is -0.242. The molecule has 4 rings (SSSR count). The first kappa shape index (κ1) is 21.8. The number of halogens is 1. The Morgan fingerprint density at radius 2 is 1.84 bits per heavy atom. The van der Waals surface area contributed by atoms with Gasteiger partial charge >= 0.3 is 0 Å². The molecule has 0 aliphatic rings. The number of nitrogens with one attached hydrogen (secondary N) is 1. The first-order chi connectivity index (χ1) is 15.6. The van der Waals surface area contributed by atoms with E-state index in [1.54, 1.807) is 24.8 Å². The van der Waals surface area contributed by atoms with Crippen molar-refractivity contribution in [3.05, 3.63) is 83.4 Å². The van der Waals surface area contributed by atoms with Crippen LogP contribution >= 0.6 is 27.7 Å². The number of hydrogen-bond acceptors (Lipinski definition) is 7. The Morgan fingerprint density at radius 3 is 2.56 bits per heavy atom. The summed E-state index contributed by atoms with van der Waals surface area (Å²) >= 11 is 4.75. The molecule has 1 N–H and O–H groups in total. The van der Waals surface area contributed by atoms with E-state index in [1.165, 1.54) is 11.8 Å². The van der Waals surface area contributed by atoms with Gasteiger partial charge in [-0.05, 0) is 49.4 Å². The number of benzene rings is 1. The third kappa shape index (κ3) is 5.27. The van der Waals surface area contributed by atoms with Gasteiger partial charge in [0.15, 0.2) is 11.0 Å². The highest BCUT2D eigenvalue weighted by Crippen LogP contribution is 2.28. The molecular formula is C22H18BrN7OS. The van der Waals surface area contributed by atoms with E-state index in [-0.39, 0.29) is 11.7 Å². The van der Waals surface area contributed by atoms with Crippen molar-refractivity contribution in [1.82, 2.24) is 30.2 Å². The van der Waals surface area contributed by atoms with Crippen LogP contribution in [0.25, 0.3) is 17.1 Å². The van der Waals surface area contributed by atoms with Crippen molar-refractivity contribution in [2.75, 3.05) is 5.75 Å². The van der Waals surface area contributed by atoms with Gasteiger partial charge in [-0.2, -0.15) is 5.10 Å². The molecule has 0 saturated carbocycles. The maximum atomic E-state index is 12.4. The van der Waals surface area contributed by atoms with Crippen LogP contribution in [0.1, 0.15) is 12.5 Å². The first-order valence-corrected chi connectivity index (χ1v) is 11.4.